The summed E-state index contributed by atoms with van der Waals surface area (Å²) in [4.78, 5) is 28.4. The third-order valence-corrected chi connectivity index (χ3v) is 7.05. The average Bonchev–Trinajstić information content (AvgIpc) is 3.35. The molecule has 0 bridgehead atoms. The third kappa shape index (κ3) is 6.46. The number of nitrogens with zero attached hydrogens (tertiary/aromatic N) is 7. The first kappa shape index (κ1) is 27.7. The number of hydrogen-bond acceptors (Lipinski definition) is 8. The van der Waals surface area contributed by atoms with E-state index in [2.05, 4.69) is 30.2 Å². The average molecular weight is 563 g/mol. The van der Waals surface area contributed by atoms with Gasteiger partial charge in [-0.05, 0) is 74.6 Å². The Kier molecular flexibility index (Phi) is 8.66. The molecule has 0 aliphatic carbocycles. The highest BCUT2D eigenvalue weighted by atomic mass is 35.5. The molecule has 0 atom stereocenters. The van der Waals surface area contributed by atoms with Crippen molar-refractivity contribution in [1.82, 2.24) is 29.5 Å². The molecule has 2 aromatic carbocycles. The number of nitrogens with one attached hydrogen (secondary N) is 1. The summed E-state index contributed by atoms with van der Waals surface area (Å²) in [5, 5.41) is 8.98. The molecule has 4 aromatic rings. The van der Waals surface area contributed by atoms with Crippen LogP contribution in [-0.2, 0) is 6.54 Å². The molecule has 1 amide bonds. The number of piperazine rings is 1. The second-order valence-corrected chi connectivity index (χ2v) is 10.4. The first-order chi connectivity index (χ1) is 19.4. The van der Waals surface area contributed by atoms with Crippen molar-refractivity contribution in [3.05, 3.63) is 71.1 Å². The lowest BCUT2D eigenvalue weighted by atomic mass is 10.1. The molecule has 10 nitrogen and oxygen atoms in total. The minimum absolute atomic E-state index is 0.0347. The van der Waals surface area contributed by atoms with Crippen molar-refractivity contribution < 1.29 is 9.53 Å². The van der Waals surface area contributed by atoms with Gasteiger partial charge in [0.2, 0.25) is 5.28 Å². The maximum absolute atomic E-state index is 13.2. The van der Waals surface area contributed by atoms with Gasteiger partial charge in [-0.15, -0.1) is 0 Å². The van der Waals surface area contributed by atoms with E-state index in [1.807, 2.05) is 79.1 Å². The van der Waals surface area contributed by atoms with E-state index < -0.39 is 0 Å². The van der Waals surface area contributed by atoms with E-state index in [1.54, 1.807) is 6.20 Å². The molecule has 1 fully saturated rings. The predicted octanol–water partition coefficient (Wildman–Crippen LogP) is 3.86. The van der Waals surface area contributed by atoms with Crippen molar-refractivity contribution in [3.8, 4) is 5.75 Å². The van der Waals surface area contributed by atoms with Gasteiger partial charge in [0.25, 0.3) is 5.91 Å². The second kappa shape index (κ2) is 12.5. The number of rotatable bonds is 10. The first-order valence-electron chi connectivity index (χ1n) is 13.5. The largest absolute Gasteiger partial charge is 0.494 e. The Morgan fingerprint density at radius 1 is 1.07 bits per heavy atom. The van der Waals surface area contributed by atoms with Crippen LogP contribution in [-0.4, -0.2) is 95.4 Å². The van der Waals surface area contributed by atoms with Crippen LogP contribution in [0.3, 0.4) is 0 Å². The number of likely N-dealkylation sites (N-methyl/N-ethyl adjacent to an activating group) is 1. The van der Waals surface area contributed by atoms with Gasteiger partial charge in [-0.3, -0.25) is 4.79 Å². The Morgan fingerprint density at radius 3 is 2.58 bits per heavy atom. The molecule has 1 saturated heterocycles. The van der Waals surface area contributed by atoms with Crippen LogP contribution in [0.2, 0.25) is 5.28 Å². The van der Waals surface area contributed by atoms with Crippen LogP contribution in [0.1, 0.15) is 22.8 Å². The predicted molar refractivity (Wildman–Crippen MR) is 159 cm³/mol. The second-order valence-electron chi connectivity index (χ2n) is 10.0. The zero-order chi connectivity index (χ0) is 28.1. The van der Waals surface area contributed by atoms with Gasteiger partial charge in [-0.25, -0.2) is 4.68 Å². The highest BCUT2D eigenvalue weighted by Crippen LogP contribution is 2.27. The van der Waals surface area contributed by atoms with Gasteiger partial charge in [0, 0.05) is 50.5 Å². The van der Waals surface area contributed by atoms with E-state index in [1.165, 1.54) is 0 Å². The highest BCUT2D eigenvalue weighted by molar-refractivity contribution is 6.28. The summed E-state index contributed by atoms with van der Waals surface area (Å²) in [5.74, 6) is 1.60. The maximum atomic E-state index is 13.2. The number of benzene rings is 2. The lowest BCUT2D eigenvalue weighted by Crippen LogP contribution is -2.49. The van der Waals surface area contributed by atoms with Crippen LogP contribution in [0.25, 0.3) is 11.0 Å². The Morgan fingerprint density at radius 2 is 1.85 bits per heavy atom. The minimum Gasteiger partial charge on any atom is -0.494 e. The van der Waals surface area contributed by atoms with Gasteiger partial charge in [0.1, 0.15) is 11.6 Å². The molecule has 2 aromatic heterocycles. The normalized spacial score (nSPS) is 13.7. The van der Waals surface area contributed by atoms with E-state index in [0.29, 0.717) is 50.5 Å². The van der Waals surface area contributed by atoms with Crippen molar-refractivity contribution in [2.24, 2.45) is 0 Å². The molecule has 11 heteroatoms. The number of halogens is 1. The van der Waals surface area contributed by atoms with Gasteiger partial charge < -0.3 is 24.8 Å². The lowest BCUT2D eigenvalue weighted by Gasteiger charge is -2.35. The Bertz CT molecular complexity index is 1450. The Balaban J connectivity index is 1.24. The summed E-state index contributed by atoms with van der Waals surface area (Å²) in [7, 11) is 4.09. The highest BCUT2D eigenvalue weighted by Gasteiger charge is 2.25. The SMILES string of the molecule is CCOc1cccc(Cn2ncc3c(N4CCN(C(=O)c5ccc(NCCN(C)C)cc5)CC4)nc(Cl)nc32)c1. The molecule has 0 spiro atoms. The summed E-state index contributed by atoms with van der Waals surface area (Å²) < 4.78 is 7.47. The number of amides is 1. The summed E-state index contributed by atoms with van der Waals surface area (Å²) in [6.45, 7) is 7.35. The van der Waals surface area contributed by atoms with Crippen molar-refractivity contribution in [3.63, 3.8) is 0 Å². The van der Waals surface area contributed by atoms with Crippen LogP contribution in [0.15, 0.2) is 54.7 Å². The van der Waals surface area contributed by atoms with Gasteiger partial charge in [-0.1, -0.05) is 12.1 Å². The number of carbonyl (C=O) groups excluding carboxylic acids is 1. The summed E-state index contributed by atoms with van der Waals surface area (Å²) in [6.07, 6.45) is 1.79. The standard InChI is InChI=1S/C29H35ClN8O2/c1-4-40-24-7-5-6-21(18-24)20-38-27-25(19-32-38)26(33-29(30)34-27)36-14-16-37(17-15-36)28(39)22-8-10-23(11-9-22)31-12-13-35(2)3/h5-11,18-19,31H,4,12-17,20H2,1-3H3. The smallest absolute Gasteiger partial charge is 0.253 e. The van der Waals surface area contributed by atoms with Gasteiger partial charge in [0.05, 0.1) is 24.7 Å². The summed E-state index contributed by atoms with van der Waals surface area (Å²) in [5.41, 5.74) is 3.43. The van der Waals surface area contributed by atoms with Crippen LogP contribution in [0.5, 0.6) is 5.75 Å². The zero-order valence-electron chi connectivity index (χ0n) is 23.2. The molecule has 0 saturated carbocycles. The third-order valence-electron chi connectivity index (χ3n) is 6.88. The van der Waals surface area contributed by atoms with Gasteiger partial charge in [-0.2, -0.15) is 15.1 Å². The van der Waals surface area contributed by atoms with E-state index in [4.69, 9.17) is 16.3 Å². The molecule has 5 rings (SSSR count). The quantitative estimate of drug-likeness (QED) is 0.291. The molecule has 0 unspecified atom stereocenters. The molecule has 1 aliphatic heterocycles. The van der Waals surface area contributed by atoms with E-state index in [0.717, 1.165) is 41.3 Å². The van der Waals surface area contributed by atoms with Crippen LogP contribution >= 0.6 is 11.6 Å². The molecular weight excluding hydrogens is 528 g/mol. The fourth-order valence-electron chi connectivity index (χ4n) is 4.80. The van der Waals surface area contributed by atoms with Crippen molar-refractivity contribution >= 4 is 40.0 Å². The lowest BCUT2D eigenvalue weighted by molar-refractivity contribution is 0.0746. The minimum atomic E-state index is 0.0347. The zero-order valence-corrected chi connectivity index (χ0v) is 23.9. The number of hydrogen-bond donors (Lipinski definition) is 1. The Hall–Kier alpha value is -3.89. The van der Waals surface area contributed by atoms with Crippen LogP contribution in [0, 0.1) is 0 Å². The monoisotopic (exact) mass is 562 g/mol. The van der Waals surface area contributed by atoms with E-state index in [-0.39, 0.29) is 11.2 Å². The molecule has 1 aliphatic rings. The molecule has 210 valence electrons. The topological polar surface area (TPSA) is 91.7 Å². The molecule has 1 N–H and O–H groups in total. The first-order valence-corrected chi connectivity index (χ1v) is 13.9. The molecule has 40 heavy (non-hydrogen) atoms. The van der Waals surface area contributed by atoms with Crippen molar-refractivity contribution in [2.45, 2.75) is 13.5 Å². The number of ether oxygens (including phenoxy) is 1. The van der Waals surface area contributed by atoms with E-state index >= 15 is 0 Å². The number of carbonyl (C=O) groups is 1. The molecular formula is C29H35ClN8O2. The number of aromatic nitrogens is 4. The van der Waals surface area contributed by atoms with Crippen molar-refractivity contribution in [1.29, 1.82) is 0 Å². The maximum Gasteiger partial charge on any atom is 0.253 e. The fourth-order valence-corrected chi connectivity index (χ4v) is 4.96. The van der Waals surface area contributed by atoms with E-state index in [9.17, 15) is 4.79 Å². The number of fused-ring (bicyclic) bond motifs is 1. The Labute approximate surface area is 239 Å². The summed E-state index contributed by atoms with van der Waals surface area (Å²) in [6, 6.07) is 15.6. The molecule has 0 radical (unpaired) electrons. The van der Waals surface area contributed by atoms with Gasteiger partial charge in [0.15, 0.2) is 5.65 Å². The van der Waals surface area contributed by atoms with Crippen LogP contribution < -0.4 is 15.0 Å². The fraction of sp³-hybridized carbons (Fsp3) is 0.379. The van der Waals surface area contributed by atoms with Crippen LogP contribution in [0.4, 0.5) is 11.5 Å². The van der Waals surface area contributed by atoms with Crippen molar-refractivity contribution in [2.75, 3.05) is 70.2 Å². The number of anilines is 2. The summed E-state index contributed by atoms with van der Waals surface area (Å²) >= 11 is 6.38. The molecule has 3 heterocycles. The van der Waals surface area contributed by atoms with Gasteiger partial charge >= 0.3 is 0 Å².